The molecule has 0 saturated heterocycles. The zero-order valence-corrected chi connectivity index (χ0v) is 14.5. The van der Waals surface area contributed by atoms with Crippen LogP contribution in [0.3, 0.4) is 0 Å². The van der Waals surface area contributed by atoms with Gasteiger partial charge in [0, 0.05) is 23.9 Å². The average molecular weight is 337 g/mol. The van der Waals surface area contributed by atoms with Crippen molar-refractivity contribution < 1.29 is 14.3 Å². The molecule has 4 nitrogen and oxygen atoms in total. The van der Waals surface area contributed by atoms with Crippen LogP contribution in [0.2, 0.25) is 0 Å². The standard InChI is InChI=1S/C21H23NO3/c1-25-18-7-6-15-10-17(20(23)13-2-3-13)11-16(19(15)12-18)8-9-22-21(24)14-4-5-14/h6-7,10-14H,2-5,8-9H2,1H3,(H,22,24). The van der Waals surface area contributed by atoms with Gasteiger partial charge >= 0.3 is 0 Å². The van der Waals surface area contributed by atoms with Gasteiger partial charge in [-0.2, -0.15) is 0 Å². The summed E-state index contributed by atoms with van der Waals surface area (Å²) >= 11 is 0. The number of fused-ring (bicyclic) bond motifs is 1. The Morgan fingerprint density at radius 2 is 1.84 bits per heavy atom. The molecule has 0 spiro atoms. The number of ketones is 1. The Bertz CT molecular complexity index is 834. The summed E-state index contributed by atoms with van der Waals surface area (Å²) in [5.74, 6) is 1.64. The molecule has 2 aromatic carbocycles. The number of nitrogens with one attached hydrogen (secondary N) is 1. The van der Waals surface area contributed by atoms with Crippen LogP contribution < -0.4 is 10.1 Å². The van der Waals surface area contributed by atoms with Crippen LogP contribution in [0.15, 0.2) is 30.3 Å². The first-order valence-corrected chi connectivity index (χ1v) is 9.08. The monoisotopic (exact) mass is 337 g/mol. The highest BCUT2D eigenvalue weighted by molar-refractivity contribution is 6.03. The molecule has 4 heteroatoms. The van der Waals surface area contributed by atoms with Gasteiger partial charge in [0.1, 0.15) is 5.75 Å². The van der Waals surface area contributed by atoms with Crippen molar-refractivity contribution in [2.75, 3.05) is 13.7 Å². The van der Waals surface area contributed by atoms with E-state index in [1.165, 1.54) is 0 Å². The molecule has 0 bridgehead atoms. The van der Waals surface area contributed by atoms with Crippen molar-refractivity contribution in [2.45, 2.75) is 32.1 Å². The zero-order chi connectivity index (χ0) is 17.4. The van der Waals surface area contributed by atoms with Crippen molar-refractivity contribution >= 4 is 22.5 Å². The van der Waals surface area contributed by atoms with E-state index in [0.717, 1.165) is 53.3 Å². The number of Topliss-reactive ketones (excluding diaryl/α,β-unsaturated/α-hetero) is 1. The third-order valence-corrected chi connectivity index (χ3v) is 5.12. The second kappa shape index (κ2) is 6.51. The summed E-state index contributed by atoms with van der Waals surface area (Å²) < 4.78 is 5.35. The zero-order valence-electron chi connectivity index (χ0n) is 14.5. The Morgan fingerprint density at radius 3 is 2.52 bits per heavy atom. The van der Waals surface area contributed by atoms with Crippen LogP contribution in [0.5, 0.6) is 5.75 Å². The highest BCUT2D eigenvalue weighted by Crippen LogP contribution is 2.35. The summed E-state index contributed by atoms with van der Waals surface area (Å²) in [7, 11) is 1.65. The molecule has 0 heterocycles. The van der Waals surface area contributed by atoms with E-state index < -0.39 is 0 Å². The number of hydrogen-bond donors (Lipinski definition) is 1. The second-order valence-electron chi connectivity index (χ2n) is 7.18. The summed E-state index contributed by atoms with van der Waals surface area (Å²) in [4.78, 5) is 24.4. The molecule has 0 aliphatic heterocycles. The van der Waals surface area contributed by atoms with E-state index in [1.54, 1.807) is 7.11 Å². The minimum absolute atomic E-state index is 0.159. The van der Waals surface area contributed by atoms with Crippen LogP contribution in [0.1, 0.15) is 41.6 Å². The smallest absolute Gasteiger partial charge is 0.223 e. The van der Waals surface area contributed by atoms with Gasteiger partial charge in [0.15, 0.2) is 5.78 Å². The first-order valence-electron chi connectivity index (χ1n) is 9.08. The lowest BCUT2D eigenvalue weighted by molar-refractivity contribution is -0.122. The quantitative estimate of drug-likeness (QED) is 0.787. The molecule has 1 N–H and O–H groups in total. The van der Waals surface area contributed by atoms with Gasteiger partial charge in [0.2, 0.25) is 5.91 Å². The highest BCUT2D eigenvalue weighted by Gasteiger charge is 2.31. The fourth-order valence-electron chi connectivity index (χ4n) is 3.28. The molecule has 0 aromatic heterocycles. The molecule has 0 radical (unpaired) electrons. The molecule has 2 fully saturated rings. The van der Waals surface area contributed by atoms with E-state index in [9.17, 15) is 9.59 Å². The lowest BCUT2D eigenvalue weighted by Crippen LogP contribution is -2.27. The molecule has 1 amide bonds. The summed E-state index contributed by atoms with van der Waals surface area (Å²) in [6, 6.07) is 9.93. The Hall–Kier alpha value is -2.36. The van der Waals surface area contributed by atoms with Crippen LogP contribution in [0.25, 0.3) is 10.8 Å². The second-order valence-corrected chi connectivity index (χ2v) is 7.18. The maximum absolute atomic E-state index is 12.5. The van der Waals surface area contributed by atoms with Crippen molar-refractivity contribution in [2.24, 2.45) is 11.8 Å². The average Bonchev–Trinajstić information content (AvgIpc) is 3.51. The van der Waals surface area contributed by atoms with Gasteiger partial charge in [-0.1, -0.05) is 6.07 Å². The van der Waals surface area contributed by atoms with Gasteiger partial charge in [-0.3, -0.25) is 9.59 Å². The SMILES string of the molecule is COc1ccc2cc(C(=O)C3CC3)cc(CCNC(=O)C3CC3)c2c1. The van der Waals surface area contributed by atoms with Crippen molar-refractivity contribution in [3.63, 3.8) is 0 Å². The third-order valence-electron chi connectivity index (χ3n) is 5.12. The number of amides is 1. The molecule has 2 aliphatic carbocycles. The van der Waals surface area contributed by atoms with Gasteiger partial charge in [0.25, 0.3) is 0 Å². The van der Waals surface area contributed by atoms with Crippen LogP contribution >= 0.6 is 0 Å². The van der Waals surface area contributed by atoms with Gasteiger partial charge in [-0.05, 0) is 72.7 Å². The van der Waals surface area contributed by atoms with Crippen LogP contribution in [0, 0.1) is 11.8 Å². The fraction of sp³-hybridized carbons (Fsp3) is 0.429. The molecule has 2 aromatic rings. The Balaban J connectivity index is 1.62. The van der Waals surface area contributed by atoms with E-state index >= 15 is 0 Å². The number of methoxy groups -OCH3 is 1. The molecule has 0 unspecified atom stereocenters. The first-order chi connectivity index (χ1) is 12.2. The normalized spacial score (nSPS) is 16.7. The van der Waals surface area contributed by atoms with E-state index in [1.807, 2.05) is 30.3 Å². The van der Waals surface area contributed by atoms with Gasteiger partial charge in [0.05, 0.1) is 7.11 Å². The number of hydrogen-bond acceptors (Lipinski definition) is 3. The summed E-state index contributed by atoms with van der Waals surface area (Å²) in [6.45, 7) is 0.600. The molecular weight excluding hydrogens is 314 g/mol. The minimum Gasteiger partial charge on any atom is -0.497 e. The van der Waals surface area contributed by atoms with E-state index in [0.29, 0.717) is 13.0 Å². The Labute approximate surface area is 147 Å². The van der Waals surface area contributed by atoms with E-state index in [2.05, 4.69) is 5.32 Å². The third kappa shape index (κ3) is 3.53. The number of rotatable bonds is 7. The van der Waals surface area contributed by atoms with Crippen molar-refractivity contribution in [1.29, 1.82) is 0 Å². The lowest BCUT2D eigenvalue weighted by atomic mass is 9.95. The molecular formula is C21H23NO3. The van der Waals surface area contributed by atoms with Crippen LogP contribution in [0.4, 0.5) is 0 Å². The minimum atomic E-state index is 0.159. The predicted octanol–water partition coefficient (Wildman–Crippen LogP) is 3.51. The number of carbonyl (C=O) groups is 2. The van der Waals surface area contributed by atoms with Crippen molar-refractivity contribution in [1.82, 2.24) is 5.32 Å². The molecule has 0 atom stereocenters. The van der Waals surface area contributed by atoms with Crippen molar-refractivity contribution in [3.05, 3.63) is 41.5 Å². The van der Waals surface area contributed by atoms with E-state index in [4.69, 9.17) is 4.74 Å². The Kier molecular flexibility index (Phi) is 4.20. The number of benzene rings is 2. The Morgan fingerprint density at radius 1 is 1.08 bits per heavy atom. The maximum Gasteiger partial charge on any atom is 0.223 e. The predicted molar refractivity (Wildman–Crippen MR) is 97.0 cm³/mol. The highest BCUT2D eigenvalue weighted by atomic mass is 16.5. The molecule has 25 heavy (non-hydrogen) atoms. The fourth-order valence-corrected chi connectivity index (χ4v) is 3.28. The van der Waals surface area contributed by atoms with E-state index in [-0.39, 0.29) is 23.5 Å². The first kappa shape index (κ1) is 16.1. The molecule has 4 rings (SSSR count). The largest absolute Gasteiger partial charge is 0.497 e. The van der Waals surface area contributed by atoms with Gasteiger partial charge < -0.3 is 10.1 Å². The maximum atomic E-state index is 12.5. The molecule has 2 saturated carbocycles. The summed E-state index contributed by atoms with van der Waals surface area (Å²) in [6.07, 6.45) is 4.75. The summed E-state index contributed by atoms with van der Waals surface area (Å²) in [5, 5.41) is 5.16. The molecule has 130 valence electrons. The topological polar surface area (TPSA) is 55.4 Å². The molecule has 2 aliphatic rings. The van der Waals surface area contributed by atoms with Gasteiger partial charge in [-0.15, -0.1) is 0 Å². The number of ether oxygens (including phenoxy) is 1. The number of carbonyl (C=O) groups excluding carboxylic acids is 2. The van der Waals surface area contributed by atoms with Crippen LogP contribution in [-0.4, -0.2) is 25.3 Å². The van der Waals surface area contributed by atoms with Gasteiger partial charge in [-0.25, -0.2) is 0 Å². The van der Waals surface area contributed by atoms with Crippen molar-refractivity contribution in [3.8, 4) is 5.75 Å². The van der Waals surface area contributed by atoms with Crippen LogP contribution in [-0.2, 0) is 11.2 Å². The lowest BCUT2D eigenvalue weighted by Gasteiger charge is -2.12. The summed E-state index contributed by atoms with van der Waals surface area (Å²) in [5.41, 5.74) is 1.89.